The predicted octanol–water partition coefficient (Wildman–Crippen LogP) is 5.79. The summed E-state index contributed by atoms with van der Waals surface area (Å²) in [6, 6.07) is 16.6. The molecule has 0 amide bonds. The lowest BCUT2D eigenvalue weighted by Gasteiger charge is -2.29. The van der Waals surface area contributed by atoms with E-state index in [4.69, 9.17) is 4.74 Å². The summed E-state index contributed by atoms with van der Waals surface area (Å²) in [7, 11) is 2.12. The number of hydrogen-bond acceptors (Lipinski definition) is 5. The lowest BCUT2D eigenvalue weighted by atomic mass is 9.90. The van der Waals surface area contributed by atoms with Crippen molar-refractivity contribution in [2.24, 2.45) is 0 Å². The van der Waals surface area contributed by atoms with E-state index in [2.05, 4.69) is 17.0 Å². The lowest BCUT2D eigenvalue weighted by molar-refractivity contribution is 0.0991. The van der Waals surface area contributed by atoms with E-state index in [1.54, 1.807) is 22.8 Å². The molecule has 0 bridgehead atoms. The molecule has 0 spiro atoms. The Labute approximate surface area is 235 Å². The second-order valence-electron chi connectivity index (χ2n) is 10.4. The van der Waals surface area contributed by atoms with E-state index in [-0.39, 0.29) is 17.7 Å². The zero-order valence-electron chi connectivity index (χ0n) is 22.5. The number of ether oxygens (including phenoxy) is 1. The van der Waals surface area contributed by atoms with Crippen molar-refractivity contribution in [1.82, 2.24) is 19.1 Å². The molecule has 1 fully saturated rings. The summed E-state index contributed by atoms with van der Waals surface area (Å²) in [4.78, 5) is 28.3. The van der Waals surface area contributed by atoms with Crippen molar-refractivity contribution >= 4 is 11.3 Å². The molecule has 5 aromatic rings. The van der Waals surface area contributed by atoms with Gasteiger partial charge in [-0.15, -0.1) is 0 Å². The zero-order valence-corrected chi connectivity index (χ0v) is 22.5. The van der Waals surface area contributed by atoms with Gasteiger partial charge >= 0.3 is 0 Å². The van der Waals surface area contributed by atoms with Gasteiger partial charge in [0, 0.05) is 24.5 Å². The Morgan fingerprint density at radius 2 is 1.78 bits per heavy atom. The molecule has 0 atom stereocenters. The number of hydrogen-bond donors (Lipinski definition) is 0. The van der Waals surface area contributed by atoms with E-state index in [0.717, 1.165) is 37.0 Å². The summed E-state index contributed by atoms with van der Waals surface area (Å²) >= 11 is 0. The number of aromatic nitrogens is 3. The monoisotopic (exact) mass is 554 g/mol. The smallest absolute Gasteiger partial charge is 0.265 e. The third-order valence-electron chi connectivity index (χ3n) is 7.62. The molecule has 1 aliphatic rings. The molecule has 0 N–H and O–H groups in total. The lowest BCUT2D eigenvalue weighted by Crippen LogP contribution is -2.29. The third kappa shape index (κ3) is 5.53. The average Bonchev–Trinajstić information content (AvgIpc) is 3.45. The van der Waals surface area contributed by atoms with E-state index in [1.807, 2.05) is 18.3 Å². The van der Waals surface area contributed by atoms with Crippen LogP contribution in [0, 0.1) is 11.6 Å². The summed E-state index contributed by atoms with van der Waals surface area (Å²) < 4.78 is 37.7. The van der Waals surface area contributed by atoms with Crippen LogP contribution in [0.1, 0.15) is 40.2 Å². The SMILES string of the molecule is CN1CCC(c2cc(Oc3ccc(CC(=O)c4cccn(-c5ccc(F)cc5)c4=O)cc3F)c3ccnn3c2)CC1. The maximum atomic E-state index is 15.2. The molecule has 208 valence electrons. The van der Waals surface area contributed by atoms with Crippen molar-refractivity contribution in [2.45, 2.75) is 25.2 Å². The van der Waals surface area contributed by atoms with Crippen molar-refractivity contribution in [1.29, 1.82) is 0 Å². The first-order chi connectivity index (χ1) is 19.9. The van der Waals surface area contributed by atoms with E-state index in [1.165, 1.54) is 53.2 Å². The summed E-state index contributed by atoms with van der Waals surface area (Å²) in [5.74, 6) is -0.592. The molecule has 41 heavy (non-hydrogen) atoms. The Morgan fingerprint density at radius 3 is 2.54 bits per heavy atom. The van der Waals surface area contributed by atoms with Gasteiger partial charge in [-0.2, -0.15) is 5.10 Å². The van der Waals surface area contributed by atoms with Gasteiger partial charge in [-0.1, -0.05) is 6.07 Å². The number of carbonyl (C=O) groups is 1. The molecule has 7 nitrogen and oxygen atoms in total. The fourth-order valence-electron chi connectivity index (χ4n) is 5.31. The molecule has 0 unspecified atom stereocenters. The first kappa shape index (κ1) is 26.6. The zero-order chi connectivity index (χ0) is 28.5. The Balaban J connectivity index is 1.22. The maximum absolute atomic E-state index is 15.2. The summed E-state index contributed by atoms with van der Waals surface area (Å²) in [6.07, 6.45) is 7.08. The number of fused-ring (bicyclic) bond motifs is 1. The molecule has 6 rings (SSSR count). The number of ketones is 1. The molecular formula is C32H28F2N4O3. The fraction of sp³-hybridized carbons (Fsp3) is 0.219. The van der Waals surface area contributed by atoms with Gasteiger partial charge in [-0.25, -0.2) is 13.3 Å². The number of halogens is 2. The van der Waals surface area contributed by atoms with E-state index >= 15 is 4.39 Å². The van der Waals surface area contributed by atoms with Gasteiger partial charge in [0.1, 0.15) is 11.3 Å². The highest BCUT2D eigenvalue weighted by Crippen LogP contribution is 2.34. The number of piperidine rings is 1. The molecule has 1 aliphatic heterocycles. The van der Waals surface area contributed by atoms with Gasteiger partial charge in [0.2, 0.25) is 0 Å². The van der Waals surface area contributed by atoms with Crippen LogP contribution in [0.15, 0.2) is 90.1 Å². The second kappa shape index (κ2) is 11.1. The predicted molar refractivity (Wildman–Crippen MR) is 151 cm³/mol. The molecule has 0 saturated carbocycles. The first-order valence-corrected chi connectivity index (χ1v) is 13.5. The molecule has 0 aliphatic carbocycles. The van der Waals surface area contributed by atoms with Gasteiger partial charge in [0.25, 0.3) is 5.56 Å². The fourth-order valence-corrected chi connectivity index (χ4v) is 5.31. The van der Waals surface area contributed by atoms with Crippen LogP contribution < -0.4 is 10.3 Å². The Bertz CT molecular complexity index is 1790. The van der Waals surface area contributed by atoms with Crippen LogP contribution >= 0.6 is 0 Å². The third-order valence-corrected chi connectivity index (χ3v) is 7.62. The number of likely N-dealkylation sites (tertiary alicyclic amines) is 1. The summed E-state index contributed by atoms with van der Waals surface area (Å²) in [6.45, 7) is 2.02. The highest BCUT2D eigenvalue weighted by molar-refractivity contribution is 5.97. The largest absolute Gasteiger partial charge is 0.452 e. The molecule has 9 heteroatoms. The van der Waals surface area contributed by atoms with Crippen LogP contribution in [-0.2, 0) is 6.42 Å². The van der Waals surface area contributed by atoms with Crippen molar-refractivity contribution in [3.05, 3.63) is 124 Å². The Morgan fingerprint density at radius 1 is 1.00 bits per heavy atom. The minimum atomic E-state index is -0.616. The minimum Gasteiger partial charge on any atom is -0.452 e. The first-order valence-electron chi connectivity index (χ1n) is 13.5. The average molecular weight is 555 g/mol. The topological polar surface area (TPSA) is 68.8 Å². The molecule has 2 aromatic carbocycles. The summed E-state index contributed by atoms with van der Waals surface area (Å²) in [5.41, 5.74) is 2.10. The van der Waals surface area contributed by atoms with Gasteiger partial charge in [0.05, 0.1) is 11.8 Å². The van der Waals surface area contributed by atoms with Crippen LogP contribution in [0.5, 0.6) is 11.5 Å². The van der Waals surface area contributed by atoms with Crippen LogP contribution in [-0.4, -0.2) is 45.0 Å². The van der Waals surface area contributed by atoms with Crippen molar-refractivity contribution in [2.75, 3.05) is 20.1 Å². The van der Waals surface area contributed by atoms with E-state index in [0.29, 0.717) is 22.9 Å². The van der Waals surface area contributed by atoms with Gasteiger partial charge in [-0.3, -0.25) is 14.2 Å². The van der Waals surface area contributed by atoms with Crippen LogP contribution in [0.4, 0.5) is 8.78 Å². The minimum absolute atomic E-state index is 0.0307. The standard InChI is InChI=1S/C32H28F2N4O3/c1-36-15-11-22(12-16-36)23-19-31(28-10-13-35-38(28)20-23)41-30-9-4-21(17-27(30)34)18-29(39)26-3-2-14-37(32(26)40)25-7-5-24(33)6-8-25/h2-10,13-14,17,19-20,22H,11-12,15-16,18H2,1H3. The number of pyridine rings is 2. The highest BCUT2D eigenvalue weighted by Gasteiger charge is 2.21. The number of nitrogens with zero attached hydrogens (tertiary/aromatic N) is 4. The number of Topliss-reactive ketones (excluding diaryl/α,β-unsaturated/α-hetero) is 1. The highest BCUT2D eigenvalue weighted by atomic mass is 19.1. The van der Waals surface area contributed by atoms with E-state index < -0.39 is 23.0 Å². The van der Waals surface area contributed by atoms with Crippen LogP contribution in [0.2, 0.25) is 0 Å². The van der Waals surface area contributed by atoms with Crippen LogP contribution in [0.25, 0.3) is 11.2 Å². The van der Waals surface area contributed by atoms with E-state index in [9.17, 15) is 14.0 Å². The Hall–Kier alpha value is -4.63. The van der Waals surface area contributed by atoms with Crippen LogP contribution in [0.3, 0.4) is 0 Å². The Kier molecular flexibility index (Phi) is 7.19. The van der Waals surface area contributed by atoms with Crippen molar-refractivity contribution in [3.8, 4) is 17.2 Å². The van der Waals surface area contributed by atoms with Crippen molar-refractivity contribution in [3.63, 3.8) is 0 Å². The molecule has 1 saturated heterocycles. The van der Waals surface area contributed by atoms with Crippen molar-refractivity contribution < 1.29 is 18.3 Å². The van der Waals surface area contributed by atoms with Gasteiger partial charge in [0.15, 0.2) is 23.1 Å². The quantitative estimate of drug-likeness (QED) is 0.238. The number of rotatable bonds is 7. The molecular weight excluding hydrogens is 526 g/mol. The molecule has 3 aromatic heterocycles. The second-order valence-corrected chi connectivity index (χ2v) is 10.4. The van der Waals surface area contributed by atoms with Gasteiger partial charge in [-0.05, 0) is 111 Å². The number of benzene rings is 2. The normalized spacial score (nSPS) is 14.4. The maximum Gasteiger partial charge on any atom is 0.265 e. The molecule has 4 heterocycles. The molecule has 0 radical (unpaired) electrons. The van der Waals surface area contributed by atoms with Gasteiger partial charge < -0.3 is 9.64 Å². The summed E-state index contributed by atoms with van der Waals surface area (Å²) in [5, 5.41) is 4.38. The number of carbonyl (C=O) groups excluding carboxylic acids is 1.